The molecule has 0 spiro atoms. The Labute approximate surface area is 152 Å². The number of pyridine rings is 2. The molecule has 0 aliphatic carbocycles. The highest BCUT2D eigenvalue weighted by atomic mass is 16.2. The Kier molecular flexibility index (Phi) is 4.67. The van der Waals surface area contributed by atoms with Crippen molar-refractivity contribution < 1.29 is 4.79 Å². The van der Waals surface area contributed by atoms with Crippen LogP contribution >= 0.6 is 0 Å². The standard InChI is InChI=1S/C20H23N5O/c1-15-12-25-14-17(7-8-19(25)22-15)23-20(26)18-6-2-3-10-24(18)13-16-5-4-9-21-11-16/h4-5,7-9,11-12,14,18H,2-3,6,10,13H2,1H3,(H,23,26). The second kappa shape index (κ2) is 7.25. The zero-order chi connectivity index (χ0) is 17.9. The maximum atomic E-state index is 12.9. The first-order valence-corrected chi connectivity index (χ1v) is 9.08. The van der Waals surface area contributed by atoms with Crippen molar-refractivity contribution in [3.63, 3.8) is 0 Å². The topological polar surface area (TPSA) is 62.5 Å². The molecule has 4 heterocycles. The zero-order valence-corrected chi connectivity index (χ0v) is 14.9. The van der Waals surface area contributed by atoms with Crippen LogP contribution in [0.4, 0.5) is 5.69 Å². The van der Waals surface area contributed by atoms with Crippen molar-refractivity contribution in [1.29, 1.82) is 0 Å². The highest BCUT2D eigenvalue weighted by molar-refractivity contribution is 5.94. The minimum atomic E-state index is -0.107. The molecule has 3 aromatic heterocycles. The normalized spacial score (nSPS) is 18.1. The van der Waals surface area contributed by atoms with Gasteiger partial charge in [-0.25, -0.2) is 4.98 Å². The summed E-state index contributed by atoms with van der Waals surface area (Å²) in [7, 11) is 0. The fourth-order valence-corrected chi connectivity index (χ4v) is 3.62. The number of hydrogen-bond acceptors (Lipinski definition) is 4. The van der Waals surface area contributed by atoms with Gasteiger partial charge in [-0.15, -0.1) is 0 Å². The van der Waals surface area contributed by atoms with E-state index in [1.165, 1.54) is 0 Å². The molecule has 6 heteroatoms. The van der Waals surface area contributed by atoms with Gasteiger partial charge >= 0.3 is 0 Å². The third-order valence-corrected chi connectivity index (χ3v) is 4.86. The van der Waals surface area contributed by atoms with Crippen LogP contribution in [0.3, 0.4) is 0 Å². The monoisotopic (exact) mass is 349 g/mol. The van der Waals surface area contributed by atoms with Gasteiger partial charge in [-0.3, -0.25) is 14.7 Å². The van der Waals surface area contributed by atoms with E-state index in [1.54, 1.807) is 6.20 Å². The molecule has 1 aliphatic heterocycles. The molecule has 0 radical (unpaired) electrons. The Morgan fingerprint density at radius 3 is 3.04 bits per heavy atom. The number of aryl methyl sites for hydroxylation is 1. The molecule has 1 atom stereocenters. The molecule has 134 valence electrons. The average molecular weight is 349 g/mol. The number of fused-ring (bicyclic) bond motifs is 1. The molecular formula is C20H23N5O. The van der Waals surface area contributed by atoms with Crippen LogP contribution < -0.4 is 5.32 Å². The zero-order valence-electron chi connectivity index (χ0n) is 14.9. The lowest BCUT2D eigenvalue weighted by atomic mass is 10.0. The molecule has 0 bridgehead atoms. The molecule has 26 heavy (non-hydrogen) atoms. The third kappa shape index (κ3) is 3.60. The van der Waals surface area contributed by atoms with Crippen LogP contribution in [0.25, 0.3) is 5.65 Å². The second-order valence-electron chi connectivity index (χ2n) is 6.90. The highest BCUT2D eigenvalue weighted by Crippen LogP contribution is 2.21. The van der Waals surface area contributed by atoms with Crippen LogP contribution in [0.15, 0.2) is 49.1 Å². The Balaban J connectivity index is 1.48. The first-order valence-electron chi connectivity index (χ1n) is 9.08. The largest absolute Gasteiger partial charge is 0.323 e. The number of imidazole rings is 1. The number of rotatable bonds is 4. The van der Waals surface area contributed by atoms with E-state index in [4.69, 9.17) is 0 Å². The number of anilines is 1. The minimum Gasteiger partial charge on any atom is -0.323 e. The summed E-state index contributed by atoms with van der Waals surface area (Å²) in [6.07, 6.45) is 10.6. The molecule has 1 unspecified atom stereocenters. The van der Waals surface area contributed by atoms with Gasteiger partial charge in [-0.1, -0.05) is 12.5 Å². The predicted octanol–water partition coefficient (Wildman–Crippen LogP) is 3.03. The summed E-state index contributed by atoms with van der Waals surface area (Å²) in [5.41, 5.74) is 3.79. The van der Waals surface area contributed by atoms with Crippen LogP contribution in [0, 0.1) is 6.92 Å². The Morgan fingerprint density at radius 2 is 2.19 bits per heavy atom. The molecule has 1 N–H and O–H groups in total. The molecule has 1 aliphatic rings. The second-order valence-corrected chi connectivity index (χ2v) is 6.90. The molecule has 0 aromatic carbocycles. The van der Waals surface area contributed by atoms with E-state index in [0.717, 1.165) is 54.9 Å². The number of piperidine rings is 1. The van der Waals surface area contributed by atoms with Gasteiger partial charge in [0.2, 0.25) is 5.91 Å². The van der Waals surface area contributed by atoms with Gasteiger partial charge in [0, 0.05) is 31.3 Å². The van der Waals surface area contributed by atoms with Crippen molar-refractivity contribution in [2.45, 2.75) is 38.8 Å². The van der Waals surface area contributed by atoms with Crippen molar-refractivity contribution in [2.75, 3.05) is 11.9 Å². The fraction of sp³-hybridized carbons (Fsp3) is 0.350. The van der Waals surface area contributed by atoms with Crippen LogP contribution in [-0.4, -0.2) is 37.8 Å². The number of aromatic nitrogens is 3. The summed E-state index contributed by atoms with van der Waals surface area (Å²) in [5, 5.41) is 3.08. The average Bonchev–Trinajstić information content (AvgIpc) is 3.02. The molecule has 6 nitrogen and oxygen atoms in total. The van der Waals surface area contributed by atoms with E-state index >= 15 is 0 Å². The summed E-state index contributed by atoms with van der Waals surface area (Å²) < 4.78 is 1.94. The van der Waals surface area contributed by atoms with Gasteiger partial charge in [-0.2, -0.15) is 0 Å². The summed E-state index contributed by atoms with van der Waals surface area (Å²) in [4.78, 5) is 23.8. The summed E-state index contributed by atoms with van der Waals surface area (Å²) in [5.74, 6) is 0.0600. The summed E-state index contributed by atoms with van der Waals surface area (Å²) in [6.45, 7) is 3.65. The van der Waals surface area contributed by atoms with Crippen molar-refractivity contribution in [2.24, 2.45) is 0 Å². The quantitative estimate of drug-likeness (QED) is 0.786. The molecule has 1 fully saturated rings. The molecule has 1 amide bonds. The van der Waals surface area contributed by atoms with E-state index in [1.807, 2.05) is 48.1 Å². The van der Waals surface area contributed by atoms with Crippen molar-refractivity contribution in [1.82, 2.24) is 19.3 Å². The van der Waals surface area contributed by atoms with Gasteiger partial charge in [0.25, 0.3) is 0 Å². The van der Waals surface area contributed by atoms with Crippen LogP contribution in [0.1, 0.15) is 30.5 Å². The van der Waals surface area contributed by atoms with E-state index in [-0.39, 0.29) is 11.9 Å². The predicted molar refractivity (Wildman–Crippen MR) is 101 cm³/mol. The number of carbonyl (C=O) groups excluding carboxylic acids is 1. The highest BCUT2D eigenvalue weighted by Gasteiger charge is 2.28. The van der Waals surface area contributed by atoms with Gasteiger partial charge in [0.05, 0.1) is 17.4 Å². The molecule has 1 saturated heterocycles. The van der Waals surface area contributed by atoms with Crippen LogP contribution in [-0.2, 0) is 11.3 Å². The molecule has 4 rings (SSSR count). The van der Waals surface area contributed by atoms with Crippen LogP contribution in [0.5, 0.6) is 0 Å². The van der Waals surface area contributed by atoms with Crippen LogP contribution in [0.2, 0.25) is 0 Å². The molecule has 3 aromatic rings. The fourth-order valence-electron chi connectivity index (χ4n) is 3.62. The smallest absolute Gasteiger partial charge is 0.241 e. The SMILES string of the molecule is Cc1cn2cc(NC(=O)C3CCCCN3Cc3cccnc3)ccc2n1. The number of likely N-dealkylation sites (tertiary alicyclic amines) is 1. The maximum Gasteiger partial charge on any atom is 0.241 e. The Morgan fingerprint density at radius 1 is 1.27 bits per heavy atom. The lowest BCUT2D eigenvalue weighted by Crippen LogP contribution is -2.46. The number of amides is 1. The van der Waals surface area contributed by atoms with Crippen molar-refractivity contribution in [3.05, 3.63) is 60.3 Å². The summed E-state index contributed by atoms with van der Waals surface area (Å²) in [6, 6.07) is 7.73. The number of hydrogen-bond donors (Lipinski definition) is 1. The van der Waals surface area contributed by atoms with Gasteiger partial charge in [0.15, 0.2) is 0 Å². The first kappa shape index (κ1) is 16.7. The van der Waals surface area contributed by atoms with E-state index in [9.17, 15) is 4.79 Å². The number of nitrogens with one attached hydrogen (secondary N) is 1. The van der Waals surface area contributed by atoms with Gasteiger partial charge in [0.1, 0.15) is 5.65 Å². The van der Waals surface area contributed by atoms with Gasteiger partial charge in [-0.05, 0) is 50.1 Å². The van der Waals surface area contributed by atoms with Crippen molar-refractivity contribution >= 4 is 17.2 Å². The number of nitrogens with zero attached hydrogens (tertiary/aromatic N) is 4. The molecular weight excluding hydrogens is 326 g/mol. The first-order chi connectivity index (χ1) is 12.7. The van der Waals surface area contributed by atoms with Crippen molar-refractivity contribution in [3.8, 4) is 0 Å². The Hall–Kier alpha value is -2.73. The lowest BCUT2D eigenvalue weighted by molar-refractivity contribution is -0.122. The molecule has 0 saturated carbocycles. The summed E-state index contributed by atoms with van der Waals surface area (Å²) >= 11 is 0. The third-order valence-electron chi connectivity index (χ3n) is 4.86. The Bertz CT molecular complexity index is 905. The lowest BCUT2D eigenvalue weighted by Gasteiger charge is -2.34. The van der Waals surface area contributed by atoms with E-state index in [2.05, 4.69) is 26.3 Å². The van der Waals surface area contributed by atoms with Gasteiger partial charge < -0.3 is 9.72 Å². The van der Waals surface area contributed by atoms with E-state index < -0.39 is 0 Å². The maximum absolute atomic E-state index is 12.9. The number of carbonyl (C=O) groups is 1. The minimum absolute atomic E-state index is 0.0600. The van der Waals surface area contributed by atoms with E-state index in [0.29, 0.717) is 0 Å².